The molecule has 0 radical (unpaired) electrons. The molecule has 0 saturated carbocycles. The van der Waals surface area contributed by atoms with Gasteiger partial charge in [-0.05, 0) is 41.1 Å². The Morgan fingerprint density at radius 1 is 0.952 bits per heavy atom. The lowest BCUT2D eigenvalue weighted by Gasteiger charge is -2.22. The molecule has 1 N–H and O–H groups in total. The van der Waals surface area contributed by atoms with Gasteiger partial charge in [-0.1, -0.05) is 76.2 Å². The minimum absolute atomic E-state index is 0.204. The van der Waals surface area contributed by atoms with Crippen LogP contribution in [0.5, 0.6) is 0 Å². The van der Waals surface area contributed by atoms with Crippen LogP contribution < -0.4 is 5.32 Å². The summed E-state index contributed by atoms with van der Waals surface area (Å²) in [4.78, 5) is 0. The number of hydrogen-bond donors (Lipinski definition) is 1. The summed E-state index contributed by atoms with van der Waals surface area (Å²) in [6, 6.07) is 18.1. The molecule has 0 spiro atoms. The lowest BCUT2D eigenvalue weighted by molar-refractivity contribution is 0.589. The molecule has 2 aromatic rings. The molecule has 0 fully saturated rings. The Morgan fingerprint density at radius 3 is 2.14 bits per heavy atom. The first-order chi connectivity index (χ1) is 9.95. The number of benzene rings is 2. The van der Waals surface area contributed by atoms with Crippen LogP contribution in [0.1, 0.15) is 56.0 Å². The van der Waals surface area contributed by atoms with Gasteiger partial charge in [-0.2, -0.15) is 0 Å². The monoisotopic (exact) mass is 281 g/mol. The third kappa shape index (κ3) is 3.74. The fraction of sp³-hybridized carbons (Fsp3) is 0.400. The predicted octanol–water partition coefficient (Wildman–Crippen LogP) is 4.86. The van der Waals surface area contributed by atoms with Crippen LogP contribution >= 0.6 is 0 Å². The summed E-state index contributed by atoms with van der Waals surface area (Å²) in [5.74, 6) is 0. The van der Waals surface area contributed by atoms with Crippen LogP contribution in [0.15, 0.2) is 48.5 Å². The Hall–Kier alpha value is -1.60. The molecule has 0 bridgehead atoms. The summed E-state index contributed by atoms with van der Waals surface area (Å²) in [5, 5.41) is 3.44. The fourth-order valence-electron chi connectivity index (χ4n) is 2.69. The molecule has 0 aliphatic carbocycles. The average Bonchev–Trinajstić information content (AvgIpc) is 2.48. The Labute approximate surface area is 129 Å². The zero-order valence-corrected chi connectivity index (χ0v) is 13.9. The third-order valence-electron chi connectivity index (χ3n) is 4.09. The number of hydrogen-bond acceptors (Lipinski definition) is 1. The average molecular weight is 281 g/mol. The van der Waals surface area contributed by atoms with Gasteiger partial charge >= 0.3 is 0 Å². The molecule has 2 rings (SSSR count). The van der Waals surface area contributed by atoms with Gasteiger partial charge in [0.05, 0.1) is 6.04 Å². The summed E-state index contributed by atoms with van der Waals surface area (Å²) >= 11 is 0. The molecule has 112 valence electrons. The quantitative estimate of drug-likeness (QED) is 0.844. The van der Waals surface area contributed by atoms with Crippen LogP contribution in [0.2, 0.25) is 0 Å². The summed E-state index contributed by atoms with van der Waals surface area (Å²) < 4.78 is 0. The summed E-state index contributed by atoms with van der Waals surface area (Å²) in [6.45, 7) is 8.96. The first-order valence-electron chi connectivity index (χ1n) is 7.82. The summed E-state index contributed by atoms with van der Waals surface area (Å²) in [7, 11) is 2.03. The van der Waals surface area contributed by atoms with E-state index in [9.17, 15) is 0 Å². The normalized spacial score (nSPS) is 13.2. The van der Waals surface area contributed by atoms with E-state index in [4.69, 9.17) is 0 Å². The maximum Gasteiger partial charge on any atom is 0.0574 e. The van der Waals surface area contributed by atoms with Crippen molar-refractivity contribution in [1.29, 1.82) is 0 Å². The van der Waals surface area contributed by atoms with E-state index in [2.05, 4.69) is 81.5 Å². The second kappa shape index (κ2) is 6.44. The SMILES string of the molecule is CCc1cccc(C(NC)c2ccc(C(C)(C)C)cc2)c1. The van der Waals surface area contributed by atoms with Crippen molar-refractivity contribution in [2.75, 3.05) is 7.05 Å². The van der Waals surface area contributed by atoms with Gasteiger partial charge in [0.15, 0.2) is 0 Å². The number of aryl methyl sites for hydroxylation is 1. The van der Waals surface area contributed by atoms with Gasteiger partial charge in [-0.15, -0.1) is 0 Å². The van der Waals surface area contributed by atoms with Gasteiger partial charge in [-0.25, -0.2) is 0 Å². The lowest BCUT2D eigenvalue weighted by Crippen LogP contribution is -2.18. The summed E-state index contributed by atoms with van der Waals surface area (Å²) in [6.07, 6.45) is 1.08. The highest BCUT2D eigenvalue weighted by atomic mass is 14.9. The molecule has 0 aliphatic heterocycles. The predicted molar refractivity (Wildman–Crippen MR) is 91.9 cm³/mol. The lowest BCUT2D eigenvalue weighted by atomic mass is 9.85. The number of nitrogens with one attached hydrogen (secondary N) is 1. The minimum Gasteiger partial charge on any atom is -0.309 e. The first kappa shape index (κ1) is 15.8. The van der Waals surface area contributed by atoms with E-state index in [0.717, 1.165) is 6.42 Å². The van der Waals surface area contributed by atoms with Gasteiger partial charge in [0, 0.05) is 0 Å². The van der Waals surface area contributed by atoms with Crippen molar-refractivity contribution in [2.24, 2.45) is 0 Å². The van der Waals surface area contributed by atoms with Crippen LogP contribution in [0, 0.1) is 0 Å². The second-order valence-corrected chi connectivity index (χ2v) is 6.69. The first-order valence-corrected chi connectivity index (χ1v) is 7.82. The van der Waals surface area contributed by atoms with E-state index in [1.54, 1.807) is 0 Å². The molecule has 1 heteroatoms. The van der Waals surface area contributed by atoms with Gasteiger partial charge in [0.2, 0.25) is 0 Å². The van der Waals surface area contributed by atoms with Crippen LogP contribution in [-0.4, -0.2) is 7.05 Å². The zero-order valence-electron chi connectivity index (χ0n) is 13.9. The molecule has 0 aromatic heterocycles. The maximum atomic E-state index is 3.44. The summed E-state index contributed by atoms with van der Waals surface area (Å²) in [5.41, 5.74) is 5.62. The van der Waals surface area contributed by atoms with Crippen molar-refractivity contribution in [3.8, 4) is 0 Å². The van der Waals surface area contributed by atoms with Gasteiger partial charge in [-0.3, -0.25) is 0 Å². The van der Waals surface area contributed by atoms with E-state index in [1.165, 1.54) is 22.3 Å². The van der Waals surface area contributed by atoms with Gasteiger partial charge < -0.3 is 5.32 Å². The smallest absolute Gasteiger partial charge is 0.0574 e. The molecular weight excluding hydrogens is 254 g/mol. The molecule has 0 amide bonds. The van der Waals surface area contributed by atoms with E-state index in [1.807, 2.05) is 7.05 Å². The van der Waals surface area contributed by atoms with Crippen molar-refractivity contribution in [3.05, 3.63) is 70.8 Å². The molecule has 1 atom stereocenters. The highest BCUT2D eigenvalue weighted by Gasteiger charge is 2.16. The number of rotatable bonds is 4. The fourth-order valence-corrected chi connectivity index (χ4v) is 2.69. The highest BCUT2D eigenvalue weighted by Crippen LogP contribution is 2.27. The second-order valence-electron chi connectivity index (χ2n) is 6.69. The van der Waals surface area contributed by atoms with Crippen molar-refractivity contribution < 1.29 is 0 Å². The van der Waals surface area contributed by atoms with Crippen molar-refractivity contribution >= 4 is 0 Å². The molecular formula is C20H27N. The van der Waals surface area contributed by atoms with Crippen LogP contribution in [-0.2, 0) is 11.8 Å². The van der Waals surface area contributed by atoms with Gasteiger partial charge in [0.25, 0.3) is 0 Å². The maximum absolute atomic E-state index is 3.44. The van der Waals surface area contributed by atoms with E-state index >= 15 is 0 Å². The molecule has 0 aliphatic rings. The molecule has 1 nitrogen and oxygen atoms in total. The highest BCUT2D eigenvalue weighted by molar-refractivity contribution is 5.36. The van der Waals surface area contributed by atoms with E-state index in [-0.39, 0.29) is 11.5 Å². The van der Waals surface area contributed by atoms with Gasteiger partial charge in [0.1, 0.15) is 0 Å². The largest absolute Gasteiger partial charge is 0.309 e. The topological polar surface area (TPSA) is 12.0 Å². The van der Waals surface area contributed by atoms with E-state index < -0.39 is 0 Å². The Balaban J connectivity index is 2.32. The van der Waals surface area contributed by atoms with E-state index in [0.29, 0.717) is 0 Å². The standard InChI is InChI=1S/C20H27N/c1-6-15-8-7-9-17(14-15)19(21-5)16-10-12-18(13-11-16)20(2,3)4/h7-14,19,21H,6H2,1-5H3. The van der Waals surface area contributed by atoms with Crippen LogP contribution in [0.25, 0.3) is 0 Å². The molecule has 0 heterocycles. The Bertz CT molecular complexity index is 576. The van der Waals surface area contributed by atoms with Crippen LogP contribution in [0.4, 0.5) is 0 Å². The van der Waals surface area contributed by atoms with Crippen molar-refractivity contribution in [2.45, 2.75) is 45.6 Å². The molecule has 2 aromatic carbocycles. The minimum atomic E-state index is 0.204. The zero-order chi connectivity index (χ0) is 15.5. The Kier molecular flexibility index (Phi) is 4.84. The third-order valence-corrected chi connectivity index (χ3v) is 4.09. The molecule has 1 unspecified atom stereocenters. The molecule has 0 saturated heterocycles. The van der Waals surface area contributed by atoms with Crippen molar-refractivity contribution in [3.63, 3.8) is 0 Å². The molecule has 21 heavy (non-hydrogen) atoms. The Morgan fingerprint density at radius 2 is 1.62 bits per heavy atom. The van der Waals surface area contributed by atoms with Crippen LogP contribution in [0.3, 0.4) is 0 Å². The van der Waals surface area contributed by atoms with Crippen molar-refractivity contribution in [1.82, 2.24) is 5.32 Å².